The molecule has 0 amide bonds. The zero-order chi connectivity index (χ0) is 18.5. The fourth-order valence-electron chi connectivity index (χ4n) is 4.07. The van der Waals surface area contributed by atoms with Gasteiger partial charge in [0.1, 0.15) is 11.5 Å². The van der Waals surface area contributed by atoms with Crippen molar-refractivity contribution in [3.63, 3.8) is 0 Å². The summed E-state index contributed by atoms with van der Waals surface area (Å²) in [7, 11) is -4.19. The van der Waals surface area contributed by atoms with Crippen molar-refractivity contribution in [2.24, 2.45) is 0 Å². The third kappa shape index (κ3) is 3.52. The number of phenols is 1. The van der Waals surface area contributed by atoms with Gasteiger partial charge >= 0.3 is 7.60 Å². The first kappa shape index (κ1) is 17.6. The third-order valence-corrected chi connectivity index (χ3v) is 5.83. The van der Waals surface area contributed by atoms with Crippen molar-refractivity contribution in [2.75, 3.05) is 6.35 Å². The van der Waals surface area contributed by atoms with Crippen molar-refractivity contribution in [1.29, 1.82) is 0 Å². The minimum atomic E-state index is -4.19. The molecule has 0 aromatic heterocycles. The minimum Gasteiger partial charge on any atom is -0.508 e. The maximum Gasteiger partial charge on any atom is 0.362 e. The summed E-state index contributed by atoms with van der Waals surface area (Å²) >= 11 is 0. The van der Waals surface area contributed by atoms with E-state index in [9.17, 15) is 9.67 Å². The predicted octanol–water partition coefficient (Wildman–Crippen LogP) is 4.17. The van der Waals surface area contributed by atoms with Gasteiger partial charge in [0.2, 0.25) is 0 Å². The van der Waals surface area contributed by atoms with Crippen molar-refractivity contribution in [1.82, 2.24) is 0 Å². The van der Waals surface area contributed by atoms with Gasteiger partial charge < -0.3 is 19.6 Å². The number of fused-ring (bicyclic) bond motifs is 1. The Morgan fingerprint density at radius 1 is 1.15 bits per heavy atom. The summed E-state index contributed by atoms with van der Waals surface area (Å²) < 4.78 is 16.3. The lowest BCUT2D eigenvalue weighted by molar-refractivity contribution is 0.300. The van der Waals surface area contributed by atoms with Crippen LogP contribution in [0.5, 0.6) is 11.5 Å². The summed E-state index contributed by atoms with van der Waals surface area (Å²) in [5.74, 6) is 1.70. The second-order valence-corrected chi connectivity index (χ2v) is 9.02. The molecule has 1 saturated carbocycles. The van der Waals surface area contributed by atoms with Crippen molar-refractivity contribution >= 4 is 7.60 Å². The number of aryl methyl sites for hydroxylation is 2. The second-order valence-electron chi connectivity index (χ2n) is 7.43. The van der Waals surface area contributed by atoms with Gasteiger partial charge in [0, 0.05) is 5.92 Å². The fraction of sp³-hybridized carbons (Fsp3) is 0.400. The SMILES string of the molecule is Cc1cc(OCP(=O)(O)O)cc2c1C(c1ccc(O)c(C3CC3)c1)CC2. The first-order chi connectivity index (χ1) is 12.3. The molecule has 1 unspecified atom stereocenters. The minimum absolute atomic E-state index is 0.291. The van der Waals surface area contributed by atoms with Gasteiger partial charge in [0.05, 0.1) is 0 Å². The number of rotatable bonds is 5. The van der Waals surface area contributed by atoms with Gasteiger partial charge in [-0.15, -0.1) is 0 Å². The molecule has 0 heterocycles. The van der Waals surface area contributed by atoms with Crippen LogP contribution in [0.2, 0.25) is 0 Å². The number of phenolic OH excluding ortho intramolecular Hbond substituents is 1. The van der Waals surface area contributed by atoms with E-state index in [4.69, 9.17) is 14.5 Å². The molecule has 3 N–H and O–H groups in total. The van der Waals surface area contributed by atoms with Crippen LogP contribution in [0, 0.1) is 6.92 Å². The van der Waals surface area contributed by atoms with Crippen LogP contribution in [0.4, 0.5) is 0 Å². The molecule has 0 saturated heterocycles. The molecular formula is C20H23O5P. The molecule has 2 aliphatic carbocycles. The summed E-state index contributed by atoms with van der Waals surface area (Å²) in [5, 5.41) is 10.1. The Morgan fingerprint density at radius 2 is 1.92 bits per heavy atom. The smallest absolute Gasteiger partial charge is 0.362 e. The van der Waals surface area contributed by atoms with Gasteiger partial charge in [-0.2, -0.15) is 0 Å². The summed E-state index contributed by atoms with van der Waals surface area (Å²) in [6.45, 7) is 2.02. The molecule has 5 nitrogen and oxygen atoms in total. The zero-order valence-electron chi connectivity index (χ0n) is 14.7. The lowest BCUT2D eigenvalue weighted by Crippen LogP contribution is -2.02. The topological polar surface area (TPSA) is 87.0 Å². The predicted molar refractivity (Wildman–Crippen MR) is 99.0 cm³/mol. The monoisotopic (exact) mass is 374 g/mol. The Kier molecular flexibility index (Phi) is 4.34. The van der Waals surface area contributed by atoms with Crippen molar-refractivity contribution in [3.8, 4) is 11.5 Å². The summed E-state index contributed by atoms with van der Waals surface area (Å²) in [5.41, 5.74) is 5.83. The van der Waals surface area contributed by atoms with Gasteiger partial charge in [-0.3, -0.25) is 4.57 Å². The summed E-state index contributed by atoms with van der Waals surface area (Å²) in [4.78, 5) is 18.0. The average Bonchev–Trinajstić information content (AvgIpc) is 3.32. The van der Waals surface area contributed by atoms with Crippen LogP contribution in [0.1, 0.15) is 58.9 Å². The Morgan fingerprint density at radius 3 is 2.62 bits per heavy atom. The lowest BCUT2D eigenvalue weighted by Gasteiger charge is -2.18. The van der Waals surface area contributed by atoms with Crippen molar-refractivity contribution in [2.45, 2.75) is 44.4 Å². The summed E-state index contributed by atoms with van der Waals surface area (Å²) in [6.07, 6.45) is 3.60. The van der Waals surface area contributed by atoms with Crippen LogP contribution >= 0.6 is 7.60 Å². The van der Waals surface area contributed by atoms with E-state index < -0.39 is 13.9 Å². The Balaban J connectivity index is 1.63. The average molecular weight is 374 g/mol. The molecule has 1 fully saturated rings. The van der Waals surface area contributed by atoms with E-state index in [-0.39, 0.29) is 0 Å². The standard InChI is InChI=1S/C20H23O5P/c1-12-8-16(25-11-26(22,23)24)9-15-4-6-17(20(12)15)14-5-7-19(21)18(10-14)13-2-3-13/h5,7-10,13,17,21H,2-4,6,11H2,1H3,(H2,22,23,24). The number of hydrogen-bond donors (Lipinski definition) is 3. The molecule has 0 bridgehead atoms. The van der Waals surface area contributed by atoms with E-state index in [0.29, 0.717) is 23.3 Å². The fourth-order valence-corrected chi connectivity index (χ4v) is 4.39. The van der Waals surface area contributed by atoms with E-state index in [2.05, 4.69) is 6.07 Å². The normalized spacial score (nSPS) is 19.4. The highest BCUT2D eigenvalue weighted by Gasteiger charge is 2.30. The molecule has 138 valence electrons. The Bertz CT molecular complexity index is 897. The van der Waals surface area contributed by atoms with Crippen LogP contribution in [0.15, 0.2) is 30.3 Å². The first-order valence-electron chi connectivity index (χ1n) is 8.95. The van der Waals surface area contributed by atoms with Crippen molar-refractivity contribution < 1.29 is 24.2 Å². The molecule has 2 aromatic rings. The van der Waals surface area contributed by atoms with Crippen LogP contribution in [-0.2, 0) is 11.0 Å². The largest absolute Gasteiger partial charge is 0.508 e. The first-order valence-corrected chi connectivity index (χ1v) is 10.7. The number of ether oxygens (including phenoxy) is 1. The number of aromatic hydroxyl groups is 1. The molecular weight excluding hydrogens is 351 g/mol. The zero-order valence-corrected chi connectivity index (χ0v) is 15.6. The second kappa shape index (κ2) is 6.41. The third-order valence-electron chi connectivity index (χ3n) is 5.37. The van der Waals surface area contributed by atoms with E-state index >= 15 is 0 Å². The molecule has 6 heteroatoms. The van der Waals surface area contributed by atoms with Crippen LogP contribution in [-0.4, -0.2) is 21.2 Å². The molecule has 2 aromatic carbocycles. The summed E-state index contributed by atoms with van der Waals surface area (Å²) in [6, 6.07) is 9.74. The van der Waals surface area contributed by atoms with Crippen LogP contribution < -0.4 is 4.74 Å². The molecule has 0 spiro atoms. The van der Waals surface area contributed by atoms with E-state index in [0.717, 1.165) is 36.8 Å². The Hall–Kier alpha value is -1.81. The highest BCUT2D eigenvalue weighted by Crippen LogP contribution is 2.47. The Labute approximate surface area is 152 Å². The molecule has 1 atom stereocenters. The maximum atomic E-state index is 11.0. The quantitative estimate of drug-likeness (QED) is 0.684. The van der Waals surface area contributed by atoms with E-state index in [1.54, 1.807) is 0 Å². The number of benzene rings is 2. The van der Waals surface area contributed by atoms with Gasteiger partial charge in [-0.1, -0.05) is 12.1 Å². The van der Waals surface area contributed by atoms with Crippen LogP contribution in [0.25, 0.3) is 0 Å². The lowest BCUT2D eigenvalue weighted by atomic mass is 9.88. The van der Waals surface area contributed by atoms with Gasteiger partial charge in [-0.05, 0) is 84.5 Å². The van der Waals surface area contributed by atoms with E-state index in [1.165, 1.54) is 16.7 Å². The molecule has 2 aliphatic rings. The number of hydrogen-bond acceptors (Lipinski definition) is 3. The van der Waals surface area contributed by atoms with E-state index in [1.807, 2.05) is 31.2 Å². The van der Waals surface area contributed by atoms with Crippen molar-refractivity contribution in [3.05, 3.63) is 58.1 Å². The van der Waals surface area contributed by atoms with Crippen LogP contribution in [0.3, 0.4) is 0 Å². The molecule has 26 heavy (non-hydrogen) atoms. The highest BCUT2D eigenvalue weighted by molar-refractivity contribution is 7.51. The molecule has 4 rings (SSSR count). The van der Waals surface area contributed by atoms with Gasteiger partial charge in [0.15, 0.2) is 6.35 Å². The van der Waals surface area contributed by atoms with Gasteiger partial charge in [0.25, 0.3) is 0 Å². The molecule has 0 radical (unpaired) electrons. The maximum absolute atomic E-state index is 11.0. The van der Waals surface area contributed by atoms with Gasteiger partial charge in [-0.25, -0.2) is 0 Å². The highest BCUT2D eigenvalue weighted by atomic mass is 31.2. The molecule has 0 aliphatic heterocycles.